The average Bonchev–Trinajstić information content (AvgIpc) is 2.87. The van der Waals surface area contributed by atoms with Gasteiger partial charge in [0.05, 0.1) is 12.0 Å². The quantitative estimate of drug-likeness (QED) is 0.739. The predicted molar refractivity (Wildman–Crippen MR) is 90.0 cm³/mol. The SMILES string of the molecule is Cc1ccc(O)c2c1C1C(O)CC3(C)C(C(=O)O)CCC3[C@@H]1CC2. The van der Waals surface area contributed by atoms with Crippen LogP contribution in [0.4, 0.5) is 0 Å². The van der Waals surface area contributed by atoms with E-state index >= 15 is 0 Å². The Hall–Kier alpha value is -1.55. The number of aliphatic hydroxyl groups is 1. The van der Waals surface area contributed by atoms with Crippen LogP contribution in [0, 0.1) is 30.1 Å². The van der Waals surface area contributed by atoms with Crippen molar-refractivity contribution in [2.45, 2.75) is 58.0 Å². The van der Waals surface area contributed by atoms with Gasteiger partial charge < -0.3 is 15.3 Å². The first kappa shape index (κ1) is 15.9. The summed E-state index contributed by atoms with van der Waals surface area (Å²) >= 11 is 0. The van der Waals surface area contributed by atoms with Gasteiger partial charge in [0, 0.05) is 5.92 Å². The molecule has 2 fully saturated rings. The van der Waals surface area contributed by atoms with Crippen LogP contribution in [0.5, 0.6) is 5.75 Å². The molecule has 4 rings (SSSR count). The van der Waals surface area contributed by atoms with Gasteiger partial charge in [-0.2, -0.15) is 0 Å². The molecule has 4 nitrogen and oxygen atoms in total. The van der Waals surface area contributed by atoms with Crippen molar-refractivity contribution in [2.24, 2.45) is 23.2 Å². The molecule has 3 aliphatic rings. The van der Waals surface area contributed by atoms with Crippen molar-refractivity contribution in [3.05, 3.63) is 28.8 Å². The lowest BCUT2D eigenvalue weighted by molar-refractivity contribution is -0.149. The highest BCUT2D eigenvalue weighted by atomic mass is 16.4. The number of carboxylic acid groups (broad SMARTS) is 1. The lowest BCUT2D eigenvalue weighted by Gasteiger charge is -2.52. The first-order valence-electron chi connectivity index (χ1n) is 9.07. The second kappa shape index (κ2) is 5.22. The van der Waals surface area contributed by atoms with Gasteiger partial charge in [-0.05, 0) is 79.0 Å². The molecule has 6 atom stereocenters. The predicted octanol–water partition coefficient (Wildman–Crippen LogP) is 3.23. The van der Waals surface area contributed by atoms with E-state index in [1.165, 1.54) is 0 Å². The van der Waals surface area contributed by atoms with E-state index in [2.05, 4.69) is 13.8 Å². The largest absolute Gasteiger partial charge is 0.508 e. The fourth-order valence-electron chi connectivity index (χ4n) is 6.37. The molecule has 0 heterocycles. The second-order valence-electron chi connectivity index (χ2n) is 8.37. The maximum Gasteiger partial charge on any atom is 0.307 e. The summed E-state index contributed by atoms with van der Waals surface area (Å²) < 4.78 is 0. The number of rotatable bonds is 1. The number of phenols is 1. The summed E-state index contributed by atoms with van der Waals surface area (Å²) in [5, 5.41) is 30.9. The minimum atomic E-state index is -0.712. The zero-order valence-corrected chi connectivity index (χ0v) is 14.3. The number of carboxylic acids is 1. The summed E-state index contributed by atoms with van der Waals surface area (Å²) in [6, 6.07) is 3.69. The van der Waals surface area contributed by atoms with Crippen molar-refractivity contribution in [1.82, 2.24) is 0 Å². The summed E-state index contributed by atoms with van der Waals surface area (Å²) in [4.78, 5) is 11.7. The minimum Gasteiger partial charge on any atom is -0.508 e. The maximum absolute atomic E-state index is 11.7. The molecule has 0 aliphatic heterocycles. The normalized spacial score (nSPS) is 40.5. The third-order valence-electron chi connectivity index (χ3n) is 7.36. The molecule has 1 aromatic carbocycles. The molecular formula is C20H26O4. The Morgan fingerprint density at radius 3 is 2.71 bits per heavy atom. The summed E-state index contributed by atoms with van der Waals surface area (Å²) in [5.74, 6) is -0.0191. The molecule has 0 aromatic heterocycles. The molecule has 1 aromatic rings. The van der Waals surface area contributed by atoms with Crippen LogP contribution in [0.2, 0.25) is 0 Å². The van der Waals surface area contributed by atoms with Crippen LogP contribution in [0.25, 0.3) is 0 Å². The minimum absolute atomic E-state index is 0.0338. The van der Waals surface area contributed by atoms with E-state index < -0.39 is 12.1 Å². The van der Waals surface area contributed by atoms with Gasteiger partial charge in [-0.3, -0.25) is 4.79 Å². The van der Waals surface area contributed by atoms with Crippen molar-refractivity contribution >= 4 is 5.97 Å². The molecule has 0 spiro atoms. The second-order valence-corrected chi connectivity index (χ2v) is 8.37. The van der Waals surface area contributed by atoms with E-state index in [1.54, 1.807) is 6.07 Å². The van der Waals surface area contributed by atoms with Gasteiger partial charge in [0.1, 0.15) is 5.75 Å². The van der Waals surface area contributed by atoms with Gasteiger partial charge in [0.15, 0.2) is 0 Å². The molecule has 5 unspecified atom stereocenters. The van der Waals surface area contributed by atoms with Gasteiger partial charge in [-0.15, -0.1) is 0 Å². The number of fused-ring (bicyclic) bond motifs is 5. The summed E-state index contributed by atoms with van der Waals surface area (Å²) in [7, 11) is 0. The molecule has 4 heteroatoms. The third-order valence-corrected chi connectivity index (χ3v) is 7.36. The van der Waals surface area contributed by atoms with Crippen LogP contribution in [-0.2, 0) is 11.2 Å². The van der Waals surface area contributed by atoms with Gasteiger partial charge in [0.25, 0.3) is 0 Å². The molecular weight excluding hydrogens is 304 g/mol. The Balaban J connectivity index is 1.79. The number of aryl methyl sites for hydroxylation is 1. The molecule has 3 aliphatic carbocycles. The molecule has 2 saturated carbocycles. The number of hydrogen-bond donors (Lipinski definition) is 3. The number of aromatic hydroxyl groups is 1. The van der Waals surface area contributed by atoms with Crippen molar-refractivity contribution in [3.8, 4) is 5.75 Å². The number of benzene rings is 1. The zero-order valence-electron chi connectivity index (χ0n) is 14.3. The summed E-state index contributed by atoms with van der Waals surface area (Å²) in [6.07, 6.45) is 3.42. The number of phenolic OH excluding ortho intramolecular Hbond substituents is 1. The Labute approximate surface area is 142 Å². The molecule has 24 heavy (non-hydrogen) atoms. The standard InChI is InChI=1S/C20H26O4/c1-10-3-8-15(21)12-5-4-11-13-6-7-14(19(23)24)20(13,2)9-16(22)18(11)17(10)12/h3,8,11,13-14,16,18,21-22H,4-7,9H2,1-2H3,(H,23,24)/t11-,13?,14?,16?,18?,20?/m0/s1. The topological polar surface area (TPSA) is 77.8 Å². The number of aliphatic carboxylic acids is 1. The van der Waals surface area contributed by atoms with Crippen LogP contribution in [-0.4, -0.2) is 27.4 Å². The number of hydrogen-bond acceptors (Lipinski definition) is 3. The fourth-order valence-corrected chi connectivity index (χ4v) is 6.37. The van der Waals surface area contributed by atoms with Crippen LogP contribution in [0.1, 0.15) is 55.2 Å². The Kier molecular flexibility index (Phi) is 3.47. The average molecular weight is 330 g/mol. The van der Waals surface area contributed by atoms with E-state index in [1.807, 2.05) is 6.07 Å². The monoisotopic (exact) mass is 330 g/mol. The first-order chi connectivity index (χ1) is 11.3. The van der Waals surface area contributed by atoms with Crippen LogP contribution in [0.3, 0.4) is 0 Å². The molecule has 3 N–H and O–H groups in total. The van der Waals surface area contributed by atoms with Crippen molar-refractivity contribution in [2.75, 3.05) is 0 Å². The fraction of sp³-hybridized carbons (Fsp3) is 0.650. The van der Waals surface area contributed by atoms with Crippen LogP contribution in [0.15, 0.2) is 12.1 Å². The van der Waals surface area contributed by atoms with Crippen LogP contribution < -0.4 is 0 Å². The molecule has 0 bridgehead atoms. The smallest absolute Gasteiger partial charge is 0.307 e. The van der Waals surface area contributed by atoms with Crippen molar-refractivity contribution < 1.29 is 20.1 Å². The highest BCUT2D eigenvalue weighted by molar-refractivity contribution is 5.71. The summed E-state index contributed by atoms with van der Waals surface area (Å²) in [6.45, 7) is 4.13. The highest BCUT2D eigenvalue weighted by Gasteiger charge is 2.59. The van der Waals surface area contributed by atoms with E-state index in [9.17, 15) is 20.1 Å². The van der Waals surface area contributed by atoms with E-state index in [0.29, 0.717) is 24.0 Å². The zero-order chi connectivity index (χ0) is 17.2. The molecule has 0 amide bonds. The van der Waals surface area contributed by atoms with Crippen LogP contribution >= 0.6 is 0 Å². The molecule has 130 valence electrons. The summed E-state index contributed by atoms with van der Waals surface area (Å²) in [5.41, 5.74) is 2.94. The molecule has 0 radical (unpaired) electrons. The van der Waals surface area contributed by atoms with Gasteiger partial charge >= 0.3 is 5.97 Å². The lowest BCUT2D eigenvalue weighted by Crippen LogP contribution is -2.50. The maximum atomic E-state index is 11.7. The van der Waals surface area contributed by atoms with Gasteiger partial charge in [-0.1, -0.05) is 13.0 Å². The molecule has 0 saturated heterocycles. The first-order valence-corrected chi connectivity index (χ1v) is 9.07. The van der Waals surface area contributed by atoms with E-state index in [4.69, 9.17) is 0 Å². The Morgan fingerprint density at radius 1 is 1.25 bits per heavy atom. The Bertz CT molecular complexity index is 697. The van der Waals surface area contributed by atoms with Gasteiger partial charge in [-0.25, -0.2) is 0 Å². The van der Waals surface area contributed by atoms with E-state index in [0.717, 1.165) is 42.4 Å². The number of aliphatic hydroxyl groups excluding tert-OH is 1. The third kappa shape index (κ3) is 1.98. The Morgan fingerprint density at radius 2 is 2.00 bits per heavy atom. The van der Waals surface area contributed by atoms with Crippen molar-refractivity contribution in [3.63, 3.8) is 0 Å². The highest BCUT2D eigenvalue weighted by Crippen LogP contribution is 2.63. The number of carbonyl (C=O) groups is 1. The van der Waals surface area contributed by atoms with Gasteiger partial charge in [0.2, 0.25) is 0 Å². The van der Waals surface area contributed by atoms with E-state index in [-0.39, 0.29) is 17.3 Å². The van der Waals surface area contributed by atoms with Crippen molar-refractivity contribution in [1.29, 1.82) is 0 Å². The lowest BCUT2D eigenvalue weighted by atomic mass is 9.53.